The minimum absolute atomic E-state index is 0.0620. The highest BCUT2D eigenvalue weighted by atomic mass is 35.5. The van der Waals surface area contributed by atoms with Gasteiger partial charge in [0.25, 0.3) is 5.56 Å². The van der Waals surface area contributed by atoms with E-state index in [9.17, 15) is 23.1 Å². The number of rotatable bonds is 5. The maximum atomic E-state index is 11.5. The second kappa shape index (κ2) is 5.34. The highest BCUT2D eigenvalue weighted by molar-refractivity contribution is 7.92. The number of carbonyl (C=O) groups excluding carboxylic acids is 1. The molecule has 0 fully saturated rings. The van der Waals surface area contributed by atoms with Crippen LogP contribution in [-0.2, 0) is 21.2 Å². The van der Waals surface area contributed by atoms with Crippen molar-refractivity contribution in [2.24, 2.45) is 0 Å². The van der Waals surface area contributed by atoms with Gasteiger partial charge in [0.05, 0.1) is 5.97 Å². The minimum Gasteiger partial charge on any atom is -0.548 e. The smallest absolute Gasteiger partial charge is 0.251 e. The SMILES string of the molecule is C[C@@](CCn1ccc(Cl)cc1=O)(C(=O)[O-])S(C)(=O)=O. The van der Waals surface area contributed by atoms with Gasteiger partial charge in [-0.2, -0.15) is 0 Å². The average molecular weight is 307 g/mol. The van der Waals surface area contributed by atoms with Crippen LogP contribution in [0, 0.1) is 0 Å². The fourth-order valence-electron chi connectivity index (χ4n) is 1.44. The molecule has 0 spiro atoms. The fraction of sp³-hybridized carbons (Fsp3) is 0.455. The van der Waals surface area contributed by atoms with Crippen LogP contribution in [0.5, 0.6) is 0 Å². The van der Waals surface area contributed by atoms with Gasteiger partial charge >= 0.3 is 0 Å². The number of hydrogen-bond acceptors (Lipinski definition) is 5. The zero-order chi connectivity index (χ0) is 14.8. The molecule has 6 nitrogen and oxygen atoms in total. The summed E-state index contributed by atoms with van der Waals surface area (Å²) < 4.78 is 22.2. The van der Waals surface area contributed by atoms with Crippen LogP contribution in [0.25, 0.3) is 0 Å². The summed E-state index contributed by atoms with van der Waals surface area (Å²) in [4.78, 5) is 22.6. The average Bonchev–Trinajstić information content (AvgIpc) is 2.25. The van der Waals surface area contributed by atoms with E-state index in [-0.39, 0.29) is 18.0 Å². The lowest BCUT2D eigenvalue weighted by Crippen LogP contribution is -2.52. The molecule has 8 heteroatoms. The molecule has 0 unspecified atom stereocenters. The van der Waals surface area contributed by atoms with E-state index in [0.29, 0.717) is 0 Å². The van der Waals surface area contributed by atoms with Crippen molar-refractivity contribution in [3.8, 4) is 0 Å². The number of nitrogens with zero attached hydrogens (tertiary/aromatic N) is 1. The zero-order valence-electron chi connectivity index (χ0n) is 10.4. The van der Waals surface area contributed by atoms with Crippen LogP contribution in [0.4, 0.5) is 0 Å². The number of sulfone groups is 1. The van der Waals surface area contributed by atoms with Gasteiger partial charge in [-0.25, -0.2) is 8.42 Å². The Morgan fingerprint density at radius 1 is 1.53 bits per heavy atom. The molecule has 106 valence electrons. The van der Waals surface area contributed by atoms with Crippen LogP contribution in [0.1, 0.15) is 13.3 Å². The predicted octanol–water partition coefficient (Wildman–Crippen LogP) is -0.555. The van der Waals surface area contributed by atoms with Crippen molar-refractivity contribution in [3.05, 3.63) is 33.7 Å². The fourth-order valence-corrected chi connectivity index (χ4v) is 2.36. The molecule has 0 bridgehead atoms. The van der Waals surface area contributed by atoms with Gasteiger partial charge in [0.15, 0.2) is 9.84 Å². The van der Waals surface area contributed by atoms with Crippen LogP contribution in [-0.4, -0.2) is 30.0 Å². The Kier molecular flexibility index (Phi) is 4.42. The van der Waals surface area contributed by atoms with Crippen molar-refractivity contribution in [3.63, 3.8) is 0 Å². The van der Waals surface area contributed by atoms with Crippen molar-refractivity contribution in [1.82, 2.24) is 4.57 Å². The van der Waals surface area contributed by atoms with Gasteiger partial charge in [0, 0.05) is 30.1 Å². The molecule has 0 aliphatic carbocycles. The number of halogens is 1. The topological polar surface area (TPSA) is 96.3 Å². The number of hydrogen-bond donors (Lipinski definition) is 0. The normalized spacial score (nSPS) is 14.9. The molecule has 0 aromatic carbocycles. The van der Waals surface area contributed by atoms with Gasteiger partial charge in [-0.3, -0.25) is 4.79 Å². The first kappa shape index (κ1) is 15.7. The molecular weight excluding hydrogens is 294 g/mol. The van der Waals surface area contributed by atoms with E-state index < -0.39 is 26.1 Å². The molecule has 0 aliphatic heterocycles. The molecule has 19 heavy (non-hydrogen) atoms. The second-order valence-electron chi connectivity index (χ2n) is 4.42. The van der Waals surface area contributed by atoms with Crippen molar-refractivity contribution >= 4 is 27.4 Å². The lowest BCUT2D eigenvalue weighted by atomic mass is 10.1. The van der Waals surface area contributed by atoms with Crippen molar-refractivity contribution in [2.75, 3.05) is 6.26 Å². The molecule has 0 radical (unpaired) electrons. The Hall–Kier alpha value is -1.34. The quantitative estimate of drug-likeness (QED) is 0.727. The summed E-state index contributed by atoms with van der Waals surface area (Å²) in [5.74, 6) is -1.68. The lowest BCUT2D eigenvalue weighted by molar-refractivity contribution is -0.309. The molecule has 1 aromatic rings. The van der Waals surface area contributed by atoms with Crippen molar-refractivity contribution < 1.29 is 18.3 Å². The third-order valence-electron chi connectivity index (χ3n) is 3.04. The monoisotopic (exact) mass is 306 g/mol. The number of carboxylic acids is 1. The van der Waals surface area contributed by atoms with Crippen LogP contribution < -0.4 is 10.7 Å². The number of carbonyl (C=O) groups is 1. The van der Waals surface area contributed by atoms with Crippen LogP contribution in [0.3, 0.4) is 0 Å². The summed E-state index contributed by atoms with van der Waals surface area (Å²) >= 11 is 5.62. The molecule has 0 saturated carbocycles. The van der Waals surface area contributed by atoms with E-state index in [1.165, 1.54) is 22.9 Å². The van der Waals surface area contributed by atoms with Crippen LogP contribution in [0.15, 0.2) is 23.1 Å². The molecule has 0 N–H and O–H groups in total. The standard InChI is InChI=1S/C11H14ClNO5S/c1-11(10(15)16,19(2,17)18)4-6-13-5-3-8(12)7-9(13)14/h3,5,7H,4,6H2,1-2H3,(H,15,16)/p-1/t11-/m1/s1. The number of carboxylic acid groups (broad SMARTS) is 1. The van der Waals surface area contributed by atoms with Gasteiger partial charge in [-0.05, 0) is 19.4 Å². The second-order valence-corrected chi connectivity index (χ2v) is 7.30. The predicted molar refractivity (Wildman–Crippen MR) is 68.6 cm³/mol. The third kappa shape index (κ3) is 3.36. The maximum absolute atomic E-state index is 11.5. The van der Waals surface area contributed by atoms with Crippen molar-refractivity contribution in [2.45, 2.75) is 24.6 Å². The van der Waals surface area contributed by atoms with Crippen LogP contribution in [0.2, 0.25) is 5.02 Å². The van der Waals surface area contributed by atoms with E-state index in [1.807, 2.05) is 0 Å². The molecule has 0 amide bonds. The zero-order valence-corrected chi connectivity index (χ0v) is 12.0. The largest absolute Gasteiger partial charge is 0.548 e. The van der Waals surface area contributed by atoms with Gasteiger partial charge in [-0.1, -0.05) is 11.6 Å². The van der Waals surface area contributed by atoms with E-state index >= 15 is 0 Å². The number of aliphatic carboxylic acids is 1. The maximum Gasteiger partial charge on any atom is 0.251 e. The van der Waals surface area contributed by atoms with E-state index in [2.05, 4.69) is 0 Å². The Morgan fingerprint density at radius 3 is 2.53 bits per heavy atom. The first-order valence-electron chi connectivity index (χ1n) is 5.35. The summed E-state index contributed by atoms with van der Waals surface area (Å²) in [6.45, 7) is 1.01. The number of aryl methyl sites for hydroxylation is 1. The van der Waals surface area contributed by atoms with Gasteiger partial charge in [0.2, 0.25) is 0 Å². The Labute approximate surface area is 115 Å². The van der Waals surface area contributed by atoms with Crippen LogP contribution >= 0.6 is 11.6 Å². The van der Waals surface area contributed by atoms with Gasteiger partial charge in [0.1, 0.15) is 4.75 Å². The van der Waals surface area contributed by atoms with Gasteiger partial charge < -0.3 is 14.5 Å². The molecule has 1 atom stereocenters. The van der Waals surface area contributed by atoms with Gasteiger partial charge in [-0.15, -0.1) is 0 Å². The Balaban J connectivity index is 3.02. The number of aromatic nitrogens is 1. The molecule has 1 rings (SSSR count). The highest BCUT2D eigenvalue weighted by Gasteiger charge is 2.37. The molecule has 0 aliphatic rings. The van der Waals surface area contributed by atoms with E-state index in [0.717, 1.165) is 13.2 Å². The molecular formula is C11H13ClNO5S-. The number of pyridine rings is 1. The molecule has 1 heterocycles. The minimum atomic E-state index is -3.86. The molecule has 1 aromatic heterocycles. The van der Waals surface area contributed by atoms with Crippen molar-refractivity contribution in [1.29, 1.82) is 0 Å². The Morgan fingerprint density at radius 2 is 2.11 bits per heavy atom. The lowest BCUT2D eigenvalue weighted by Gasteiger charge is -2.28. The summed E-state index contributed by atoms with van der Waals surface area (Å²) in [5, 5.41) is 11.3. The first-order valence-corrected chi connectivity index (χ1v) is 7.62. The van der Waals surface area contributed by atoms with E-state index in [1.54, 1.807) is 0 Å². The first-order chi connectivity index (χ1) is 8.58. The third-order valence-corrected chi connectivity index (χ3v) is 5.28. The highest BCUT2D eigenvalue weighted by Crippen LogP contribution is 2.20. The summed E-state index contributed by atoms with van der Waals surface area (Å²) in [5.41, 5.74) is -0.429. The summed E-state index contributed by atoms with van der Waals surface area (Å²) in [6, 6.07) is 2.62. The summed E-state index contributed by atoms with van der Waals surface area (Å²) in [7, 11) is -3.86. The molecule has 0 saturated heterocycles. The summed E-state index contributed by atoms with van der Waals surface area (Å²) in [6.07, 6.45) is 1.94. The Bertz CT molecular complexity index is 651. The van der Waals surface area contributed by atoms with E-state index in [4.69, 9.17) is 11.6 Å².